The van der Waals surface area contributed by atoms with Gasteiger partial charge in [0.15, 0.2) is 0 Å². The van der Waals surface area contributed by atoms with Gasteiger partial charge < -0.3 is 19.9 Å². The first-order valence-corrected chi connectivity index (χ1v) is 10.9. The van der Waals surface area contributed by atoms with E-state index >= 15 is 0 Å². The zero-order valence-electron chi connectivity index (χ0n) is 18.4. The number of carbonyl (C=O) groups is 2. The van der Waals surface area contributed by atoms with Gasteiger partial charge in [-0.3, -0.25) is 9.59 Å². The zero-order chi connectivity index (χ0) is 22.7. The highest BCUT2D eigenvalue weighted by Gasteiger charge is 2.31. The van der Waals surface area contributed by atoms with E-state index in [1.54, 1.807) is 24.0 Å². The van der Waals surface area contributed by atoms with Crippen LogP contribution in [0, 0.1) is 5.82 Å². The number of halogens is 1. The Bertz CT molecular complexity index is 1020. The SMILES string of the molecule is CNc1nc([C@H]2CCN(C(=O)CCOc3cccc(F)c3)C2)nc2c1CCN(C(C)=O)C2. The van der Waals surface area contributed by atoms with E-state index in [4.69, 9.17) is 14.7 Å². The summed E-state index contributed by atoms with van der Waals surface area (Å²) in [5, 5.41) is 3.17. The molecule has 2 amide bonds. The number of aromatic nitrogens is 2. The van der Waals surface area contributed by atoms with E-state index < -0.39 is 0 Å². The van der Waals surface area contributed by atoms with Crippen LogP contribution in [0.5, 0.6) is 5.75 Å². The van der Waals surface area contributed by atoms with Crippen LogP contribution in [0.4, 0.5) is 10.2 Å². The fourth-order valence-electron chi connectivity index (χ4n) is 4.28. The zero-order valence-corrected chi connectivity index (χ0v) is 18.4. The molecule has 0 bridgehead atoms. The van der Waals surface area contributed by atoms with Crippen molar-refractivity contribution in [3.63, 3.8) is 0 Å². The molecule has 1 atom stereocenters. The highest BCUT2D eigenvalue weighted by Crippen LogP contribution is 2.30. The first kappa shape index (κ1) is 22.0. The van der Waals surface area contributed by atoms with Crippen LogP contribution in [0.15, 0.2) is 24.3 Å². The Morgan fingerprint density at radius 2 is 2.09 bits per heavy atom. The van der Waals surface area contributed by atoms with Crippen molar-refractivity contribution < 1.29 is 18.7 Å². The Hall–Kier alpha value is -3.23. The molecule has 1 N–H and O–H groups in total. The Morgan fingerprint density at radius 3 is 2.84 bits per heavy atom. The number of amides is 2. The number of hydrogen-bond donors (Lipinski definition) is 1. The number of nitrogens with one attached hydrogen (secondary N) is 1. The second-order valence-corrected chi connectivity index (χ2v) is 8.18. The topological polar surface area (TPSA) is 87.7 Å². The lowest BCUT2D eigenvalue weighted by Crippen LogP contribution is -2.35. The van der Waals surface area contributed by atoms with Gasteiger partial charge in [0.25, 0.3) is 0 Å². The summed E-state index contributed by atoms with van der Waals surface area (Å²) in [6.45, 7) is 4.12. The number of fused-ring (bicyclic) bond motifs is 1. The predicted molar refractivity (Wildman–Crippen MR) is 117 cm³/mol. The standard InChI is InChI=1S/C23H28FN5O3/c1-15(30)28-10-7-19-20(14-28)26-22(27-23(19)25-2)16-6-9-29(13-16)21(31)8-11-32-18-5-3-4-17(24)12-18/h3-5,12,16H,6-11,13-14H2,1-2H3,(H,25,26,27)/t16-/m0/s1. The summed E-state index contributed by atoms with van der Waals surface area (Å²) in [5.74, 6) is 1.66. The first-order chi connectivity index (χ1) is 15.4. The van der Waals surface area contributed by atoms with Crippen LogP contribution in [0.25, 0.3) is 0 Å². The van der Waals surface area contributed by atoms with Gasteiger partial charge in [-0.1, -0.05) is 6.07 Å². The molecule has 1 aromatic carbocycles. The van der Waals surface area contributed by atoms with E-state index in [0.717, 1.165) is 29.9 Å². The minimum atomic E-state index is -0.367. The number of likely N-dealkylation sites (tertiary alicyclic amines) is 1. The summed E-state index contributed by atoms with van der Waals surface area (Å²) in [5.41, 5.74) is 1.95. The lowest BCUT2D eigenvalue weighted by atomic mass is 10.0. The van der Waals surface area contributed by atoms with Gasteiger partial charge in [0.05, 0.1) is 25.3 Å². The van der Waals surface area contributed by atoms with E-state index in [0.29, 0.717) is 37.8 Å². The number of anilines is 1. The highest BCUT2D eigenvalue weighted by molar-refractivity contribution is 5.76. The van der Waals surface area contributed by atoms with Gasteiger partial charge in [-0.15, -0.1) is 0 Å². The van der Waals surface area contributed by atoms with Crippen LogP contribution in [-0.2, 0) is 22.6 Å². The molecule has 3 heterocycles. The minimum absolute atomic E-state index is 0.00143. The minimum Gasteiger partial charge on any atom is -0.493 e. The second-order valence-electron chi connectivity index (χ2n) is 8.18. The number of benzene rings is 1. The van der Waals surface area contributed by atoms with Crippen molar-refractivity contribution in [2.75, 3.05) is 38.6 Å². The molecule has 0 saturated carbocycles. The first-order valence-electron chi connectivity index (χ1n) is 10.9. The maximum Gasteiger partial charge on any atom is 0.226 e. The molecule has 170 valence electrons. The summed E-state index contributed by atoms with van der Waals surface area (Å²) in [7, 11) is 1.84. The number of rotatable bonds is 6. The van der Waals surface area contributed by atoms with Crippen molar-refractivity contribution in [3.8, 4) is 5.75 Å². The van der Waals surface area contributed by atoms with Crippen LogP contribution in [0.2, 0.25) is 0 Å². The molecule has 0 aliphatic carbocycles. The third kappa shape index (κ3) is 4.81. The Labute approximate surface area is 186 Å². The molecule has 4 rings (SSSR count). The van der Waals surface area contributed by atoms with Crippen LogP contribution >= 0.6 is 0 Å². The highest BCUT2D eigenvalue weighted by atomic mass is 19.1. The van der Waals surface area contributed by atoms with E-state index in [2.05, 4.69) is 5.32 Å². The number of hydrogen-bond acceptors (Lipinski definition) is 6. The Kier molecular flexibility index (Phi) is 6.53. The average Bonchev–Trinajstić information content (AvgIpc) is 3.28. The average molecular weight is 442 g/mol. The normalized spacial score (nSPS) is 17.8. The fourth-order valence-corrected chi connectivity index (χ4v) is 4.28. The van der Waals surface area contributed by atoms with E-state index in [1.807, 2.05) is 11.9 Å². The van der Waals surface area contributed by atoms with Gasteiger partial charge in [0.2, 0.25) is 11.8 Å². The van der Waals surface area contributed by atoms with Gasteiger partial charge >= 0.3 is 0 Å². The summed E-state index contributed by atoms with van der Waals surface area (Å²) < 4.78 is 18.7. The molecule has 9 heteroatoms. The van der Waals surface area contributed by atoms with E-state index in [1.165, 1.54) is 12.1 Å². The van der Waals surface area contributed by atoms with Gasteiger partial charge in [-0.2, -0.15) is 0 Å². The Balaban J connectivity index is 1.38. The molecule has 0 spiro atoms. The maximum absolute atomic E-state index is 13.2. The van der Waals surface area contributed by atoms with Crippen molar-refractivity contribution in [1.82, 2.24) is 19.8 Å². The number of nitrogens with zero attached hydrogens (tertiary/aromatic N) is 4. The smallest absolute Gasteiger partial charge is 0.226 e. The molecule has 2 aliphatic heterocycles. The molecule has 0 unspecified atom stereocenters. The van der Waals surface area contributed by atoms with E-state index in [-0.39, 0.29) is 36.6 Å². The summed E-state index contributed by atoms with van der Waals surface area (Å²) in [4.78, 5) is 37.6. The number of carbonyl (C=O) groups excluding carboxylic acids is 2. The van der Waals surface area contributed by atoms with Crippen LogP contribution in [0.3, 0.4) is 0 Å². The summed E-state index contributed by atoms with van der Waals surface area (Å²) >= 11 is 0. The van der Waals surface area contributed by atoms with Crippen molar-refractivity contribution in [2.45, 2.75) is 38.6 Å². The molecular weight excluding hydrogens is 413 g/mol. The molecule has 1 saturated heterocycles. The van der Waals surface area contributed by atoms with Crippen molar-refractivity contribution in [2.24, 2.45) is 0 Å². The molecular formula is C23H28FN5O3. The van der Waals surface area contributed by atoms with Crippen LogP contribution < -0.4 is 10.1 Å². The van der Waals surface area contributed by atoms with Crippen LogP contribution in [-0.4, -0.2) is 64.9 Å². The van der Waals surface area contributed by atoms with Crippen LogP contribution in [0.1, 0.15) is 42.8 Å². The van der Waals surface area contributed by atoms with Gasteiger partial charge in [-0.25, -0.2) is 14.4 Å². The molecule has 8 nitrogen and oxygen atoms in total. The monoisotopic (exact) mass is 441 g/mol. The largest absolute Gasteiger partial charge is 0.493 e. The third-order valence-electron chi connectivity index (χ3n) is 6.05. The van der Waals surface area contributed by atoms with Gasteiger partial charge in [0.1, 0.15) is 23.2 Å². The molecule has 1 aromatic heterocycles. The number of ether oxygens (including phenoxy) is 1. The van der Waals surface area contributed by atoms with Crippen molar-refractivity contribution in [1.29, 1.82) is 0 Å². The lowest BCUT2D eigenvalue weighted by Gasteiger charge is -2.29. The lowest BCUT2D eigenvalue weighted by molar-refractivity contribution is -0.131. The van der Waals surface area contributed by atoms with Gasteiger partial charge in [0, 0.05) is 51.2 Å². The summed E-state index contributed by atoms with van der Waals surface area (Å²) in [6, 6.07) is 5.89. The molecule has 1 fully saturated rings. The molecule has 32 heavy (non-hydrogen) atoms. The molecule has 0 radical (unpaired) electrons. The van der Waals surface area contributed by atoms with Gasteiger partial charge in [-0.05, 0) is 25.0 Å². The Morgan fingerprint density at radius 1 is 1.25 bits per heavy atom. The summed E-state index contributed by atoms with van der Waals surface area (Å²) in [6.07, 6.45) is 1.74. The second kappa shape index (κ2) is 9.50. The van der Waals surface area contributed by atoms with E-state index in [9.17, 15) is 14.0 Å². The van der Waals surface area contributed by atoms with Crippen molar-refractivity contribution in [3.05, 3.63) is 47.2 Å². The predicted octanol–water partition coefficient (Wildman–Crippen LogP) is 2.35. The molecule has 2 aliphatic rings. The molecule has 2 aromatic rings. The maximum atomic E-state index is 13.2. The quantitative estimate of drug-likeness (QED) is 0.741. The third-order valence-corrected chi connectivity index (χ3v) is 6.05. The fraction of sp³-hybridized carbons (Fsp3) is 0.478. The van der Waals surface area contributed by atoms with Crippen molar-refractivity contribution >= 4 is 17.6 Å².